The summed E-state index contributed by atoms with van der Waals surface area (Å²) in [6.45, 7) is 2.17. The zero-order valence-corrected chi connectivity index (χ0v) is 11.1. The Hall–Kier alpha value is -1.35. The molecule has 3 atom stereocenters. The number of benzene rings is 1. The molecule has 1 saturated carbocycles. The lowest BCUT2D eigenvalue weighted by atomic mass is 10.1. The van der Waals surface area contributed by atoms with E-state index in [2.05, 4.69) is 36.5 Å². The van der Waals surface area contributed by atoms with E-state index in [0.717, 1.165) is 19.3 Å². The number of hydrogen-bond acceptors (Lipinski definition) is 3. The topological polar surface area (TPSA) is 38.3 Å². The van der Waals surface area contributed by atoms with Crippen LogP contribution in [0.25, 0.3) is 0 Å². The van der Waals surface area contributed by atoms with Crippen LogP contribution in [0.4, 0.5) is 0 Å². The number of rotatable bonds is 4. The summed E-state index contributed by atoms with van der Waals surface area (Å²) in [6, 6.07) is 11.1. The van der Waals surface area contributed by atoms with E-state index in [1.807, 2.05) is 6.07 Å². The van der Waals surface area contributed by atoms with Crippen molar-refractivity contribution in [1.82, 2.24) is 5.32 Å². The van der Waals surface area contributed by atoms with Crippen LogP contribution in [-0.2, 0) is 9.53 Å². The summed E-state index contributed by atoms with van der Waals surface area (Å²) in [5.41, 5.74) is 1.29. The fourth-order valence-electron chi connectivity index (χ4n) is 2.71. The minimum absolute atomic E-state index is 0.0633. The summed E-state index contributed by atoms with van der Waals surface area (Å²) in [5.74, 6) is 0.0159. The van der Waals surface area contributed by atoms with E-state index in [4.69, 9.17) is 4.74 Å². The van der Waals surface area contributed by atoms with E-state index >= 15 is 0 Å². The number of nitrogens with one attached hydrogen (secondary N) is 1. The average molecular weight is 247 g/mol. The monoisotopic (exact) mass is 247 g/mol. The van der Waals surface area contributed by atoms with Crippen LogP contribution in [0.3, 0.4) is 0 Å². The van der Waals surface area contributed by atoms with Crippen LogP contribution >= 0.6 is 0 Å². The van der Waals surface area contributed by atoms with Gasteiger partial charge in [-0.2, -0.15) is 0 Å². The van der Waals surface area contributed by atoms with E-state index in [0.29, 0.717) is 12.1 Å². The van der Waals surface area contributed by atoms with E-state index < -0.39 is 0 Å². The largest absolute Gasteiger partial charge is 0.469 e. The van der Waals surface area contributed by atoms with Gasteiger partial charge in [0.2, 0.25) is 0 Å². The summed E-state index contributed by atoms with van der Waals surface area (Å²) in [6.07, 6.45) is 2.88. The van der Waals surface area contributed by atoms with Crippen molar-refractivity contribution in [2.45, 2.75) is 38.3 Å². The van der Waals surface area contributed by atoms with Gasteiger partial charge in [0.1, 0.15) is 0 Å². The van der Waals surface area contributed by atoms with Crippen molar-refractivity contribution in [2.75, 3.05) is 7.11 Å². The molecule has 1 fully saturated rings. The van der Waals surface area contributed by atoms with Gasteiger partial charge in [-0.3, -0.25) is 4.79 Å². The molecule has 1 aromatic rings. The van der Waals surface area contributed by atoms with Crippen molar-refractivity contribution in [1.29, 1.82) is 0 Å². The van der Waals surface area contributed by atoms with Crippen molar-refractivity contribution in [3.8, 4) is 0 Å². The van der Waals surface area contributed by atoms with Crippen LogP contribution in [0.1, 0.15) is 37.8 Å². The summed E-state index contributed by atoms with van der Waals surface area (Å²) in [5, 5.41) is 3.60. The average Bonchev–Trinajstić information content (AvgIpc) is 2.87. The highest BCUT2D eigenvalue weighted by molar-refractivity contribution is 5.72. The molecule has 3 heteroatoms. The van der Waals surface area contributed by atoms with Gasteiger partial charge in [0.05, 0.1) is 13.0 Å². The molecule has 0 unspecified atom stereocenters. The summed E-state index contributed by atoms with van der Waals surface area (Å²) >= 11 is 0. The summed E-state index contributed by atoms with van der Waals surface area (Å²) < 4.78 is 4.81. The first-order valence-electron chi connectivity index (χ1n) is 6.59. The van der Waals surface area contributed by atoms with Gasteiger partial charge in [-0.1, -0.05) is 30.3 Å². The Kier molecular flexibility index (Phi) is 4.37. The van der Waals surface area contributed by atoms with E-state index in [-0.39, 0.29) is 11.9 Å². The first-order valence-corrected chi connectivity index (χ1v) is 6.59. The molecule has 3 nitrogen and oxygen atoms in total. The van der Waals surface area contributed by atoms with Gasteiger partial charge in [0, 0.05) is 12.1 Å². The van der Waals surface area contributed by atoms with Crippen LogP contribution in [0, 0.1) is 5.92 Å². The third kappa shape index (κ3) is 3.10. The van der Waals surface area contributed by atoms with Gasteiger partial charge in [-0.15, -0.1) is 0 Å². The fraction of sp³-hybridized carbons (Fsp3) is 0.533. The maximum absolute atomic E-state index is 11.5. The van der Waals surface area contributed by atoms with Crippen molar-refractivity contribution in [3.05, 3.63) is 35.9 Å². The normalized spacial score (nSPS) is 24.8. The Bertz CT molecular complexity index is 391. The zero-order valence-electron chi connectivity index (χ0n) is 11.1. The van der Waals surface area contributed by atoms with Crippen molar-refractivity contribution in [2.24, 2.45) is 5.92 Å². The lowest BCUT2D eigenvalue weighted by Crippen LogP contribution is -2.30. The molecule has 1 aliphatic carbocycles. The number of carbonyl (C=O) groups is 1. The second kappa shape index (κ2) is 6.01. The highest BCUT2D eigenvalue weighted by Gasteiger charge is 2.31. The van der Waals surface area contributed by atoms with Crippen molar-refractivity contribution in [3.63, 3.8) is 0 Å². The standard InChI is InChI=1S/C15H21NO2/c1-11(12-6-4-3-5-7-12)16-14-9-8-13(10-14)15(17)18-2/h3-7,11,13-14,16H,8-10H2,1-2H3/t11-,13+,14-/m0/s1. The molecule has 0 aliphatic heterocycles. The molecule has 1 aliphatic rings. The Morgan fingerprint density at radius 2 is 2.06 bits per heavy atom. The van der Waals surface area contributed by atoms with Gasteiger partial charge >= 0.3 is 5.97 Å². The molecule has 0 heterocycles. The maximum Gasteiger partial charge on any atom is 0.308 e. The molecule has 0 saturated heterocycles. The number of carbonyl (C=O) groups excluding carboxylic acids is 1. The zero-order chi connectivity index (χ0) is 13.0. The van der Waals surface area contributed by atoms with E-state index in [1.165, 1.54) is 12.7 Å². The molecule has 0 radical (unpaired) electrons. The predicted molar refractivity (Wildman–Crippen MR) is 71.1 cm³/mol. The Morgan fingerprint density at radius 1 is 1.33 bits per heavy atom. The number of esters is 1. The lowest BCUT2D eigenvalue weighted by molar-refractivity contribution is -0.145. The third-order valence-corrected chi connectivity index (χ3v) is 3.75. The number of methoxy groups -OCH3 is 1. The predicted octanol–water partition coefficient (Wildman–Crippen LogP) is 2.68. The molecule has 18 heavy (non-hydrogen) atoms. The third-order valence-electron chi connectivity index (χ3n) is 3.75. The molecule has 98 valence electrons. The molecular formula is C15H21NO2. The minimum Gasteiger partial charge on any atom is -0.469 e. The molecule has 0 spiro atoms. The van der Waals surface area contributed by atoms with Gasteiger partial charge < -0.3 is 10.1 Å². The Balaban J connectivity index is 1.86. The quantitative estimate of drug-likeness (QED) is 0.831. The lowest BCUT2D eigenvalue weighted by Gasteiger charge is -2.19. The first kappa shape index (κ1) is 13.1. The second-order valence-electron chi connectivity index (χ2n) is 5.03. The van der Waals surface area contributed by atoms with Gasteiger partial charge in [0.25, 0.3) is 0 Å². The molecule has 2 rings (SSSR count). The van der Waals surface area contributed by atoms with E-state index in [9.17, 15) is 4.79 Å². The SMILES string of the molecule is COC(=O)[C@@H]1CC[C@H](N[C@@H](C)c2ccccc2)C1. The molecular weight excluding hydrogens is 226 g/mol. The van der Waals surface area contributed by atoms with Gasteiger partial charge in [0.15, 0.2) is 0 Å². The second-order valence-corrected chi connectivity index (χ2v) is 5.03. The molecule has 0 amide bonds. The number of ether oxygens (including phenoxy) is 1. The van der Waals surface area contributed by atoms with Gasteiger partial charge in [-0.25, -0.2) is 0 Å². The van der Waals surface area contributed by atoms with E-state index in [1.54, 1.807) is 0 Å². The van der Waals surface area contributed by atoms with Crippen LogP contribution in [0.2, 0.25) is 0 Å². The molecule has 1 aromatic carbocycles. The Morgan fingerprint density at radius 3 is 2.72 bits per heavy atom. The van der Waals surface area contributed by atoms with Gasteiger partial charge in [-0.05, 0) is 31.7 Å². The summed E-state index contributed by atoms with van der Waals surface area (Å²) in [7, 11) is 1.47. The fourth-order valence-corrected chi connectivity index (χ4v) is 2.71. The van der Waals surface area contributed by atoms with Crippen molar-refractivity contribution < 1.29 is 9.53 Å². The van der Waals surface area contributed by atoms with Crippen LogP contribution in [-0.4, -0.2) is 19.1 Å². The van der Waals surface area contributed by atoms with Crippen LogP contribution in [0.5, 0.6) is 0 Å². The highest BCUT2D eigenvalue weighted by atomic mass is 16.5. The molecule has 1 N–H and O–H groups in total. The van der Waals surface area contributed by atoms with Crippen molar-refractivity contribution >= 4 is 5.97 Å². The Labute approximate surface area is 109 Å². The highest BCUT2D eigenvalue weighted by Crippen LogP contribution is 2.28. The van der Waals surface area contributed by atoms with Crippen LogP contribution in [0.15, 0.2) is 30.3 Å². The molecule has 0 bridgehead atoms. The maximum atomic E-state index is 11.5. The minimum atomic E-state index is -0.0633. The summed E-state index contributed by atoms with van der Waals surface area (Å²) in [4.78, 5) is 11.5. The molecule has 0 aromatic heterocycles. The van der Waals surface area contributed by atoms with Crippen LogP contribution < -0.4 is 5.32 Å². The first-order chi connectivity index (χ1) is 8.70. The number of hydrogen-bond donors (Lipinski definition) is 1. The smallest absolute Gasteiger partial charge is 0.308 e.